The van der Waals surface area contributed by atoms with Crippen molar-refractivity contribution in [3.05, 3.63) is 0 Å². The van der Waals surface area contributed by atoms with Gasteiger partial charge in [-0.15, -0.1) is 0 Å². The normalized spacial score (nSPS) is 22.1. The number of amides is 2. The molecule has 2 amide bonds. The summed E-state index contributed by atoms with van der Waals surface area (Å²) in [7, 11) is 3.17. The summed E-state index contributed by atoms with van der Waals surface area (Å²) in [6, 6.07) is -0.432. The van der Waals surface area contributed by atoms with Gasteiger partial charge in [0.15, 0.2) is 0 Å². The van der Waals surface area contributed by atoms with Crippen molar-refractivity contribution in [3.8, 4) is 0 Å². The molecule has 1 aliphatic rings. The number of piperidine rings is 1. The molecule has 0 unspecified atom stereocenters. The van der Waals surface area contributed by atoms with Crippen LogP contribution in [0.25, 0.3) is 0 Å². The van der Waals surface area contributed by atoms with Gasteiger partial charge in [0.25, 0.3) is 0 Å². The molecule has 21 heavy (non-hydrogen) atoms. The maximum absolute atomic E-state index is 12.6. The van der Waals surface area contributed by atoms with E-state index in [4.69, 9.17) is 9.47 Å². The van der Waals surface area contributed by atoms with Crippen LogP contribution < -0.4 is 0 Å². The Hall–Kier alpha value is -1.34. The van der Waals surface area contributed by atoms with E-state index in [1.807, 2.05) is 0 Å². The molecule has 1 saturated heterocycles. The minimum Gasteiger partial charge on any atom is -0.481 e. The van der Waals surface area contributed by atoms with E-state index >= 15 is 0 Å². The Kier molecular flexibility index (Phi) is 7.45. The molecule has 7 nitrogen and oxygen atoms in total. The number of hydrogen-bond donors (Lipinski definition) is 1. The first-order chi connectivity index (χ1) is 10.0. The Morgan fingerprint density at radius 1 is 1.24 bits per heavy atom. The second kappa shape index (κ2) is 8.84. The Morgan fingerprint density at radius 3 is 2.29 bits per heavy atom. The van der Waals surface area contributed by atoms with Crippen LogP contribution in [0.5, 0.6) is 0 Å². The Balaban J connectivity index is 2.73. The average molecular weight is 302 g/mol. The van der Waals surface area contributed by atoms with Crippen LogP contribution >= 0.6 is 0 Å². The number of likely N-dealkylation sites (tertiary alicyclic amines) is 1. The second-order valence-electron chi connectivity index (χ2n) is 5.28. The van der Waals surface area contributed by atoms with Crippen LogP contribution in [-0.4, -0.2) is 80.0 Å². The number of ether oxygens (including phenoxy) is 2. The van der Waals surface area contributed by atoms with Crippen molar-refractivity contribution in [3.63, 3.8) is 0 Å². The molecule has 0 saturated carbocycles. The van der Waals surface area contributed by atoms with Crippen molar-refractivity contribution in [2.75, 3.05) is 47.1 Å². The van der Waals surface area contributed by atoms with Gasteiger partial charge in [-0.3, -0.25) is 4.79 Å². The molecule has 0 aliphatic carbocycles. The van der Waals surface area contributed by atoms with Crippen LogP contribution in [0, 0.1) is 5.92 Å². The number of aliphatic carboxylic acids is 1. The number of urea groups is 1. The number of carboxylic acids is 1. The first kappa shape index (κ1) is 17.7. The largest absolute Gasteiger partial charge is 0.481 e. The lowest BCUT2D eigenvalue weighted by atomic mass is 9.90. The minimum atomic E-state index is -0.833. The number of hydrogen-bond acceptors (Lipinski definition) is 4. The molecule has 122 valence electrons. The van der Waals surface area contributed by atoms with Crippen LogP contribution in [-0.2, 0) is 14.3 Å². The molecule has 1 aliphatic heterocycles. The highest BCUT2D eigenvalue weighted by atomic mass is 16.5. The number of carboxylic acid groups (broad SMARTS) is 1. The van der Waals surface area contributed by atoms with Gasteiger partial charge >= 0.3 is 12.0 Å². The van der Waals surface area contributed by atoms with Gasteiger partial charge in [-0.05, 0) is 19.8 Å². The third kappa shape index (κ3) is 4.86. The first-order valence-electron chi connectivity index (χ1n) is 7.29. The summed E-state index contributed by atoms with van der Waals surface area (Å²) in [6.45, 7) is 4.24. The smallest absolute Gasteiger partial charge is 0.320 e. The summed E-state index contributed by atoms with van der Waals surface area (Å²) in [4.78, 5) is 27.2. The van der Waals surface area contributed by atoms with Crippen molar-refractivity contribution in [2.45, 2.75) is 25.8 Å². The molecule has 1 N–H and O–H groups in total. The van der Waals surface area contributed by atoms with Crippen molar-refractivity contribution < 1.29 is 24.2 Å². The van der Waals surface area contributed by atoms with E-state index in [-0.39, 0.29) is 12.1 Å². The van der Waals surface area contributed by atoms with E-state index in [1.54, 1.807) is 30.9 Å². The zero-order valence-electron chi connectivity index (χ0n) is 13.1. The van der Waals surface area contributed by atoms with Crippen molar-refractivity contribution in [1.82, 2.24) is 9.80 Å². The molecular weight excluding hydrogens is 276 g/mol. The third-order valence-corrected chi connectivity index (χ3v) is 3.95. The summed E-state index contributed by atoms with van der Waals surface area (Å²) >= 11 is 0. The fourth-order valence-electron chi connectivity index (χ4n) is 2.63. The highest BCUT2D eigenvalue weighted by Crippen LogP contribution is 2.24. The number of methoxy groups -OCH3 is 2. The fraction of sp³-hybridized carbons (Fsp3) is 0.857. The average Bonchev–Trinajstić information content (AvgIpc) is 2.46. The van der Waals surface area contributed by atoms with Gasteiger partial charge in [0.2, 0.25) is 0 Å². The van der Waals surface area contributed by atoms with E-state index < -0.39 is 11.9 Å². The van der Waals surface area contributed by atoms with E-state index in [0.29, 0.717) is 39.3 Å². The highest BCUT2D eigenvalue weighted by Gasteiger charge is 2.36. The van der Waals surface area contributed by atoms with Gasteiger partial charge in [-0.25, -0.2) is 4.79 Å². The predicted octanol–water partition coefficient (Wildman–Crippen LogP) is 0.886. The van der Waals surface area contributed by atoms with Gasteiger partial charge in [-0.1, -0.05) is 0 Å². The van der Waals surface area contributed by atoms with Gasteiger partial charge in [-0.2, -0.15) is 0 Å². The summed E-state index contributed by atoms with van der Waals surface area (Å²) < 4.78 is 10.1. The van der Waals surface area contributed by atoms with Crippen molar-refractivity contribution in [2.24, 2.45) is 5.92 Å². The second-order valence-corrected chi connectivity index (χ2v) is 5.28. The van der Waals surface area contributed by atoms with E-state index in [1.165, 1.54) is 0 Å². The number of nitrogens with zero attached hydrogens (tertiary/aromatic N) is 2. The quantitative estimate of drug-likeness (QED) is 0.755. The molecule has 0 spiro atoms. The van der Waals surface area contributed by atoms with Gasteiger partial charge in [0.05, 0.1) is 19.1 Å². The standard InChI is InChI=1S/C14H26N2O5/c1-11-12(13(17)18)5-4-6-16(11)14(19)15(7-9-20-2)8-10-21-3/h11-12H,4-10H2,1-3H3,(H,17,18)/t11-,12-/m0/s1. The lowest BCUT2D eigenvalue weighted by molar-refractivity contribution is -0.145. The molecule has 0 bridgehead atoms. The molecular formula is C14H26N2O5. The fourth-order valence-corrected chi connectivity index (χ4v) is 2.63. The van der Waals surface area contributed by atoms with E-state index in [0.717, 1.165) is 6.42 Å². The molecule has 2 atom stereocenters. The van der Waals surface area contributed by atoms with Crippen LogP contribution in [0.2, 0.25) is 0 Å². The maximum atomic E-state index is 12.6. The Bertz CT molecular complexity index is 342. The van der Waals surface area contributed by atoms with Gasteiger partial charge in [0.1, 0.15) is 0 Å². The van der Waals surface area contributed by atoms with Gasteiger partial charge < -0.3 is 24.4 Å². The van der Waals surface area contributed by atoms with Crippen LogP contribution in [0.1, 0.15) is 19.8 Å². The van der Waals surface area contributed by atoms with Crippen LogP contribution in [0.3, 0.4) is 0 Å². The molecule has 0 radical (unpaired) electrons. The molecule has 1 rings (SSSR count). The predicted molar refractivity (Wildman–Crippen MR) is 77.2 cm³/mol. The zero-order chi connectivity index (χ0) is 15.8. The number of rotatable bonds is 7. The summed E-state index contributed by atoms with van der Waals surface area (Å²) in [6.07, 6.45) is 1.34. The number of carbonyl (C=O) groups is 2. The SMILES string of the molecule is COCCN(CCOC)C(=O)N1CCC[C@H](C(=O)O)[C@@H]1C. The molecule has 1 heterocycles. The number of carbonyl (C=O) groups excluding carboxylic acids is 1. The third-order valence-electron chi connectivity index (χ3n) is 3.95. The molecule has 0 aromatic heterocycles. The molecule has 0 aromatic rings. The first-order valence-corrected chi connectivity index (χ1v) is 7.29. The Morgan fingerprint density at radius 2 is 1.81 bits per heavy atom. The summed E-state index contributed by atoms with van der Waals surface area (Å²) in [5, 5.41) is 9.24. The highest BCUT2D eigenvalue weighted by molar-refractivity contribution is 5.77. The maximum Gasteiger partial charge on any atom is 0.320 e. The monoisotopic (exact) mass is 302 g/mol. The van der Waals surface area contributed by atoms with Gasteiger partial charge in [0, 0.05) is 39.9 Å². The summed E-state index contributed by atoms with van der Waals surface area (Å²) in [5.74, 6) is -1.32. The summed E-state index contributed by atoms with van der Waals surface area (Å²) in [5.41, 5.74) is 0. The molecule has 1 fully saturated rings. The topological polar surface area (TPSA) is 79.3 Å². The van der Waals surface area contributed by atoms with E-state index in [9.17, 15) is 14.7 Å². The zero-order valence-corrected chi connectivity index (χ0v) is 13.1. The van der Waals surface area contributed by atoms with E-state index in [2.05, 4.69) is 0 Å². The van der Waals surface area contributed by atoms with Crippen LogP contribution in [0.15, 0.2) is 0 Å². The molecule has 0 aromatic carbocycles. The van der Waals surface area contributed by atoms with Crippen molar-refractivity contribution >= 4 is 12.0 Å². The lowest BCUT2D eigenvalue weighted by Gasteiger charge is -2.40. The van der Waals surface area contributed by atoms with Crippen molar-refractivity contribution in [1.29, 1.82) is 0 Å². The Labute approximate surface area is 125 Å². The molecule has 7 heteroatoms. The minimum absolute atomic E-state index is 0.137. The lowest BCUT2D eigenvalue weighted by Crippen LogP contribution is -2.54. The van der Waals surface area contributed by atoms with Crippen LogP contribution in [0.4, 0.5) is 4.79 Å².